The van der Waals surface area contributed by atoms with Crippen LogP contribution in [0, 0.1) is 12.8 Å². The first-order valence-electron chi connectivity index (χ1n) is 12.3. The standard InChI is InChI=1S/C28H35N5O2/c1-18-9-12-24-22(16-18)26(33-25(31-24)14-11-20-8-6-7-15-29-20)32-23-13-10-21(17-19(23)2)30-27(34)35-28(3,4)5/h6-9,11-12,14-16,19,21,23H,10,13,17H2,1-5H3,(H,30,34)(H,31,32,33)/t19-,21-,23+/m0/s1. The lowest BCUT2D eigenvalue weighted by molar-refractivity contribution is 0.0484. The van der Waals surface area contributed by atoms with E-state index in [4.69, 9.17) is 14.7 Å². The van der Waals surface area contributed by atoms with E-state index in [1.807, 2.05) is 57.2 Å². The van der Waals surface area contributed by atoms with Crippen LogP contribution in [0.15, 0.2) is 42.6 Å². The second-order valence-electron chi connectivity index (χ2n) is 10.4. The number of ether oxygens (including phenoxy) is 1. The van der Waals surface area contributed by atoms with Crippen molar-refractivity contribution in [3.05, 3.63) is 59.7 Å². The molecule has 7 heteroatoms. The number of fused-ring (bicyclic) bond motifs is 1. The van der Waals surface area contributed by atoms with Crippen molar-refractivity contribution in [3.8, 4) is 0 Å². The van der Waals surface area contributed by atoms with Crippen LogP contribution < -0.4 is 10.6 Å². The van der Waals surface area contributed by atoms with Crippen molar-refractivity contribution >= 4 is 35.0 Å². The summed E-state index contributed by atoms with van der Waals surface area (Å²) in [6.45, 7) is 9.93. The number of aryl methyl sites for hydroxylation is 1. The summed E-state index contributed by atoms with van der Waals surface area (Å²) in [5.74, 6) is 1.84. The van der Waals surface area contributed by atoms with Crippen LogP contribution in [0.4, 0.5) is 10.6 Å². The smallest absolute Gasteiger partial charge is 0.407 e. The third-order valence-electron chi connectivity index (χ3n) is 6.17. The zero-order valence-corrected chi connectivity index (χ0v) is 21.2. The highest BCUT2D eigenvalue weighted by molar-refractivity contribution is 5.90. The van der Waals surface area contributed by atoms with E-state index in [9.17, 15) is 4.79 Å². The van der Waals surface area contributed by atoms with E-state index in [-0.39, 0.29) is 18.2 Å². The Labute approximate surface area is 207 Å². The minimum atomic E-state index is -0.497. The van der Waals surface area contributed by atoms with Crippen LogP contribution >= 0.6 is 0 Å². The molecule has 184 valence electrons. The number of carbonyl (C=O) groups is 1. The summed E-state index contributed by atoms with van der Waals surface area (Å²) in [5, 5.41) is 7.76. The molecule has 35 heavy (non-hydrogen) atoms. The Morgan fingerprint density at radius 2 is 1.94 bits per heavy atom. The van der Waals surface area contributed by atoms with Gasteiger partial charge in [0, 0.05) is 23.7 Å². The van der Waals surface area contributed by atoms with Crippen LogP contribution in [0.3, 0.4) is 0 Å². The second-order valence-corrected chi connectivity index (χ2v) is 10.4. The highest BCUT2D eigenvalue weighted by atomic mass is 16.6. The van der Waals surface area contributed by atoms with Gasteiger partial charge < -0.3 is 15.4 Å². The molecule has 2 N–H and O–H groups in total. The number of rotatable bonds is 5. The molecule has 2 aromatic heterocycles. The van der Waals surface area contributed by atoms with E-state index < -0.39 is 5.60 Å². The quantitative estimate of drug-likeness (QED) is 0.473. The van der Waals surface area contributed by atoms with Crippen molar-refractivity contribution in [2.45, 2.75) is 71.6 Å². The minimum absolute atomic E-state index is 0.110. The molecule has 4 rings (SSSR count). The summed E-state index contributed by atoms with van der Waals surface area (Å²) in [6.07, 6.45) is 7.95. The maximum Gasteiger partial charge on any atom is 0.407 e. The van der Waals surface area contributed by atoms with Crippen molar-refractivity contribution in [1.29, 1.82) is 0 Å². The molecule has 1 saturated carbocycles. The Kier molecular flexibility index (Phi) is 7.34. The van der Waals surface area contributed by atoms with Gasteiger partial charge in [-0.3, -0.25) is 4.98 Å². The lowest BCUT2D eigenvalue weighted by Gasteiger charge is -2.35. The molecule has 3 aromatic rings. The zero-order valence-electron chi connectivity index (χ0n) is 21.2. The molecule has 0 bridgehead atoms. The number of amides is 1. The molecular weight excluding hydrogens is 438 g/mol. The zero-order chi connectivity index (χ0) is 25.0. The third-order valence-corrected chi connectivity index (χ3v) is 6.17. The average molecular weight is 474 g/mol. The van der Waals surface area contributed by atoms with Crippen molar-refractivity contribution < 1.29 is 9.53 Å². The number of hydrogen-bond acceptors (Lipinski definition) is 6. The van der Waals surface area contributed by atoms with Crippen molar-refractivity contribution in [2.75, 3.05) is 5.32 Å². The number of aromatic nitrogens is 3. The number of benzene rings is 1. The number of pyridine rings is 1. The van der Waals surface area contributed by atoms with E-state index in [2.05, 4.69) is 41.6 Å². The van der Waals surface area contributed by atoms with Gasteiger partial charge in [-0.25, -0.2) is 14.8 Å². The molecular formula is C28H35N5O2. The molecule has 7 nitrogen and oxygen atoms in total. The summed E-state index contributed by atoms with van der Waals surface area (Å²) in [4.78, 5) is 26.2. The first-order valence-corrected chi connectivity index (χ1v) is 12.3. The van der Waals surface area contributed by atoms with Crippen LogP contribution in [0.5, 0.6) is 0 Å². The van der Waals surface area contributed by atoms with Crippen LogP contribution in [-0.2, 0) is 4.74 Å². The molecule has 1 fully saturated rings. The molecule has 0 saturated heterocycles. The molecule has 0 unspecified atom stereocenters. The van der Waals surface area contributed by atoms with Crippen LogP contribution in [-0.4, -0.2) is 38.7 Å². The fourth-order valence-corrected chi connectivity index (χ4v) is 4.47. The monoisotopic (exact) mass is 473 g/mol. The number of carbonyl (C=O) groups excluding carboxylic acids is 1. The van der Waals surface area contributed by atoms with Crippen molar-refractivity contribution in [1.82, 2.24) is 20.3 Å². The van der Waals surface area contributed by atoms with Gasteiger partial charge in [0.15, 0.2) is 5.82 Å². The summed E-state index contributed by atoms with van der Waals surface area (Å²) in [5.41, 5.74) is 2.43. The number of hydrogen-bond donors (Lipinski definition) is 2. The molecule has 1 aliphatic carbocycles. The first-order chi connectivity index (χ1) is 16.7. The Bertz CT molecular complexity index is 1200. The third kappa shape index (κ3) is 6.78. The lowest BCUT2D eigenvalue weighted by Crippen LogP contribution is -2.45. The summed E-state index contributed by atoms with van der Waals surface area (Å²) in [6, 6.07) is 12.4. The van der Waals surface area contributed by atoms with Gasteiger partial charge in [-0.1, -0.05) is 24.6 Å². The summed E-state index contributed by atoms with van der Waals surface area (Å²) < 4.78 is 5.43. The van der Waals surface area contributed by atoms with Gasteiger partial charge >= 0.3 is 6.09 Å². The van der Waals surface area contributed by atoms with E-state index in [0.717, 1.165) is 41.7 Å². The average Bonchev–Trinajstić information content (AvgIpc) is 2.79. The van der Waals surface area contributed by atoms with E-state index >= 15 is 0 Å². The number of nitrogens with one attached hydrogen (secondary N) is 2. The topological polar surface area (TPSA) is 89.0 Å². The molecule has 0 aliphatic heterocycles. The molecule has 0 spiro atoms. The SMILES string of the molecule is Cc1ccc2nc(C=Cc3ccccn3)nc(N[C@@H]3CC[C@H](NC(=O)OC(C)(C)C)C[C@@H]3C)c2c1. The highest BCUT2D eigenvalue weighted by Gasteiger charge is 2.30. The number of anilines is 1. The first kappa shape index (κ1) is 24.6. The van der Waals surface area contributed by atoms with Gasteiger partial charge in [-0.2, -0.15) is 0 Å². The van der Waals surface area contributed by atoms with Gasteiger partial charge in [-0.05, 0) is 89.3 Å². The largest absolute Gasteiger partial charge is 0.444 e. The van der Waals surface area contributed by atoms with Gasteiger partial charge in [0.25, 0.3) is 0 Å². The molecule has 2 heterocycles. The van der Waals surface area contributed by atoms with Gasteiger partial charge in [0.05, 0.1) is 11.2 Å². The predicted octanol–water partition coefficient (Wildman–Crippen LogP) is 6.00. The van der Waals surface area contributed by atoms with Crippen molar-refractivity contribution in [3.63, 3.8) is 0 Å². The Morgan fingerprint density at radius 1 is 1.11 bits per heavy atom. The minimum Gasteiger partial charge on any atom is -0.444 e. The van der Waals surface area contributed by atoms with Gasteiger partial charge in [0.1, 0.15) is 11.4 Å². The summed E-state index contributed by atoms with van der Waals surface area (Å²) in [7, 11) is 0. The van der Waals surface area contributed by atoms with E-state index in [1.54, 1.807) is 6.20 Å². The van der Waals surface area contributed by atoms with Gasteiger partial charge in [0.2, 0.25) is 0 Å². The maximum absolute atomic E-state index is 12.2. The summed E-state index contributed by atoms with van der Waals surface area (Å²) >= 11 is 0. The molecule has 0 radical (unpaired) electrons. The highest BCUT2D eigenvalue weighted by Crippen LogP contribution is 2.30. The molecule has 1 aromatic carbocycles. The molecule has 1 amide bonds. The maximum atomic E-state index is 12.2. The fourth-order valence-electron chi connectivity index (χ4n) is 4.47. The van der Waals surface area contributed by atoms with E-state index in [1.165, 1.54) is 5.56 Å². The predicted molar refractivity (Wildman–Crippen MR) is 141 cm³/mol. The van der Waals surface area contributed by atoms with Crippen LogP contribution in [0.2, 0.25) is 0 Å². The van der Waals surface area contributed by atoms with Crippen LogP contribution in [0.1, 0.15) is 64.0 Å². The van der Waals surface area contributed by atoms with Crippen LogP contribution in [0.25, 0.3) is 23.1 Å². The fraction of sp³-hybridized carbons (Fsp3) is 0.429. The van der Waals surface area contributed by atoms with Gasteiger partial charge in [-0.15, -0.1) is 0 Å². The lowest BCUT2D eigenvalue weighted by atomic mass is 9.82. The second kappa shape index (κ2) is 10.4. The Morgan fingerprint density at radius 3 is 2.66 bits per heavy atom. The number of nitrogens with zero attached hydrogens (tertiary/aromatic N) is 3. The normalized spacial score (nSPS) is 20.7. The van der Waals surface area contributed by atoms with E-state index in [0.29, 0.717) is 11.7 Å². The Balaban J connectivity index is 1.50. The molecule has 3 atom stereocenters. The Hall–Kier alpha value is -3.48. The number of alkyl carbamates (subject to hydrolysis) is 1. The molecule has 1 aliphatic rings. The van der Waals surface area contributed by atoms with Crippen molar-refractivity contribution in [2.24, 2.45) is 5.92 Å².